The van der Waals surface area contributed by atoms with Crippen molar-refractivity contribution < 1.29 is 14.7 Å². The molecule has 1 aliphatic heterocycles. The minimum atomic E-state index is -0.758. The van der Waals surface area contributed by atoms with Crippen molar-refractivity contribution in [2.45, 2.75) is 40.2 Å². The van der Waals surface area contributed by atoms with Gasteiger partial charge in [-0.15, -0.1) is 0 Å². The number of aliphatic carboxylic acids is 1. The highest BCUT2D eigenvalue weighted by atomic mass is 16.4. The molecular formula is C17H24N2O3. The Hall–Kier alpha value is -1.78. The Labute approximate surface area is 130 Å². The summed E-state index contributed by atoms with van der Waals surface area (Å²) in [4.78, 5) is 26.1. The number of hydrogen-bond donors (Lipinski definition) is 1. The van der Waals surface area contributed by atoms with Crippen molar-refractivity contribution in [1.82, 2.24) is 9.47 Å². The second-order valence-corrected chi connectivity index (χ2v) is 6.69. The molecule has 2 atom stereocenters. The van der Waals surface area contributed by atoms with Crippen molar-refractivity contribution in [3.8, 4) is 0 Å². The number of aromatic nitrogens is 1. The van der Waals surface area contributed by atoms with Crippen molar-refractivity contribution in [3.05, 3.63) is 23.0 Å². The van der Waals surface area contributed by atoms with Gasteiger partial charge in [0.2, 0.25) is 0 Å². The molecule has 1 aromatic rings. The van der Waals surface area contributed by atoms with Gasteiger partial charge in [0.1, 0.15) is 0 Å². The van der Waals surface area contributed by atoms with Crippen LogP contribution in [0.4, 0.5) is 0 Å². The molecule has 2 fully saturated rings. The monoisotopic (exact) mass is 304 g/mol. The van der Waals surface area contributed by atoms with Gasteiger partial charge >= 0.3 is 5.97 Å². The summed E-state index contributed by atoms with van der Waals surface area (Å²) < 4.78 is 2.12. The number of hydrogen-bond acceptors (Lipinski definition) is 2. The Bertz CT molecular complexity index is 616. The van der Waals surface area contributed by atoms with Gasteiger partial charge in [-0.3, -0.25) is 9.59 Å². The highest BCUT2D eigenvalue weighted by Gasteiger charge is 2.47. The van der Waals surface area contributed by atoms with Gasteiger partial charge in [0, 0.05) is 31.0 Å². The first-order valence-electron chi connectivity index (χ1n) is 8.12. The van der Waals surface area contributed by atoms with E-state index in [9.17, 15) is 14.7 Å². The molecule has 0 unspecified atom stereocenters. The maximum absolute atomic E-state index is 12.8. The SMILES string of the molecule is CCn1c(C)cc(C(=O)N2C[C@H](C(=O)O)[C@@H](C3CC3)C2)c1C. The first-order valence-corrected chi connectivity index (χ1v) is 8.12. The third-order valence-electron chi connectivity index (χ3n) is 5.32. The molecule has 0 aromatic carbocycles. The van der Waals surface area contributed by atoms with Gasteiger partial charge in [-0.05, 0) is 51.5 Å². The summed E-state index contributed by atoms with van der Waals surface area (Å²) in [5.41, 5.74) is 2.78. The molecule has 1 aromatic heterocycles. The van der Waals surface area contributed by atoms with Crippen molar-refractivity contribution >= 4 is 11.9 Å². The minimum Gasteiger partial charge on any atom is -0.481 e. The Balaban J connectivity index is 1.82. The molecule has 5 heteroatoms. The Morgan fingerprint density at radius 1 is 1.27 bits per heavy atom. The highest BCUT2D eigenvalue weighted by molar-refractivity contribution is 5.96. The summed E-state index contributed by atoms with van der Waals surface area (Å²) in [5.74, 6) is -0.530. The predicted octanol–water partition coefficient (Wildman–Crippen LogP) is 2.31. The van der Waals surface area contributed by atoms with Gasteiger partial charge in [0.15, 0.2) is 0 Å². The quantitative estimate of drug-likeness (QED) is 0.928. The Kier molecular flexibility index (Phi) is 3.75. The number of nitrogens with zero attached hydrogens (tertiary/aromatic N) is 2. The molecule has 1 aliphatic carbocycles. The summed E-state index contributed by atoms with van der Waals surface area (Å²) in [7, 11) is 0. The van der Waals surface area contributed by atoms with Crippen LogP contribution in [0.2, 0.25) is 0 Å². The van der Waals surface area contributed by atoms with Crippen LogP contribution in [0.3, 0.4) is 0 Å². The first-order chi connectivity index (χ1) is 10.4. The van der Waals surface area contributed by atoms with E-state index in [1.165, 1.54) is 0 Å². The van der Waals surface area contributed by atoms with Gasteiger partial charge in [-0.1, -0.05) is 0 Å². The van der Waals surface area contributed by atoms with Crippen molar-refractivity contribution in [1.29, 1.82) is 0 Å². The lowest BCUT2D eigenvalue weighted by atomic mass is 9.92. The van der Waals surface area contributed by atoms with E-state index in [4.69, 9.17) is 0 Å². The van der Waals surface area contributed by atoms with Crippen LogP contribution in [-0.4, -0.2) is 39.5 Å². The molecule has 0 radical (unpaired) electrons. The summed E-state index contributed by atoms with van der Waals surface area (Å²) in [6.45, 7) is 7.82. The first kappa shape index (κ1) is 15.1. The largest absolute Gasteiger partial charge is 0.481 e. The van der Waals surface area contributed by atoms with E-state index >= 15 is 0 Å². The molecular weight excluding hydrogens is 280 g/mol. The standard InChI is InChI=1S/C17H24N2O3/c1-4-19-10(2)7-13(11(19)3)16(20)18-8-14(12-5-6-12)15(9-18)17(21)22/h7,12,14-15H,4-6,8-9H2,1-3H3,(H,21,22)/t14-,15+/m1/s1. The average Bonchev–Trinajstić information content (AvgIpc) is 3.15. The van der Waals surface area contributed by atoms with E-state index < -0.39 is 11.9 Å². The van der Waals surface area contributed by atoms with Gasteiger partial charge in [-0.2, -0.15) is 0 Å². The second-order valence-electron chi connectivity index (χ2n) is 6.69. The van der Waals surface area contributed by atoms with Crippen LogP contribution < -0.4 is 0 Å². The topological polar surface area (TPSA) is 62.5 Å². The van der Waals surface area contributed by atoms with E-state index in [0.29, 0.717) is 19.0 Å². The fourth-order valence-corrected chi connectivity index (χ4v) is 3.93. The van der Waals surface area contributed by atoms with E-state index in [1.54, 1.807) is 4.90 Å². The van der Waals surface area contributed by atoms with Crippen LogP contribution in [0.1, 0.15) is 41.5 Å². The molecule has 0 spiro atoms. The van der Waals surface area contributed by atoms with Gasteiger partial charge in [0.25, 0.3) is 5.91 Å². The fraction of sp³-hybridized carbons (Fsp3) is 0.647. The van der Waals surface area contributed by atoms with Crippen LogP contribution in [0.5, 0.6) is 0 Å². The van der Waals surface area contributed by atoms with E-state index in [2.05, 4.69) is 11.5 Å². The molecule has 1 saturated heterocycles. The Morgan fingerprint density at radius 3 is 2.45 bits per heavy atom. The fourth-order valence-electron chi connectivity index (χ4n) is 3.93. The molecule has 5 nitrogen and oxygen atoms in total. The number of carbonyl (C=O) groups is 2. The van der Waals surface area contributed by atoms with E-state index in [1.807, 2.05) is 19.9 Å². The highest BCUT2D eigenvalue weighted by Crippen LogP contribution is 2.44. The van der Waals surface area contributed by atoms with Gasteiger partial charge in [0.05, 0.1) is 11.5 Å². The van der Waals surface area contributed by atoms with Crippen molar-refractivity contribution in [2.75, 3.05) is 13.1 Å². The molecule has 1 N–H and O–H groups in total. The third kappa shape index (κ3) is 2.42. The summed E-state index contributed by atoms with van der Waals surface area (Å²) >= 11 is 0. The number of amides is 1. The van der Waals surface area contributed by atoms with Gasteiger partial charge in [-0.25, -0.2) is 0 Å². The number of carboxylic acid groups (broad SMARTS) is 1. The van der Waals surface area contributed by atoms with Crippen molar-refractivity contribution in [2.24, 2.45) is 17.8 Å². The van der Waals surface area contributed by atoms with Crippen LogP contribution >= 0.6 is 0 Å². The number of rotatable bonds is 4. The maximum atomic E-state index is 12.8. The summed E-state index contributed by atoms with van der Waals surface area (Å²) in [5, 5.41) is 9.43. The van der Waals surface area contributed by atoms with Crippen LogP contribution in [-0.2, 0) is 11.3 Å². The van der Waals surface area contributed by atoms with E-state index in [-0.39, 0.29) is 11.8 Å². The van der Waals surface area contributed by atoms with E-state index in [0.717, 1.165) is 36.3 Å². The predicted molar refractivity (Wildman–Crippen MR) is 82.8 cm³/mol. The number of carboxylic acids is 1. The minimum absolute atomic E-state index is 0.0119. The van der Waals surface area contributed by atoms with Crippen LogP contribution in [0.15, 0.2) is 6.07 Å². The smallest absolute Gasteiger partial charge is 0.308 e. The zero-order valence-electron chi connectivity index (χ0n) is 13.5. The van der Waals surface area contributed by atoms with Gasteiger partial charge < -0.3 is 14.6 Å². The lowest BCUT2D eigenvalue weighted by Crippen LogP contribution is -2.30. The summed E-state index contributed by atoms with van der Waals surface area (Å²) in [6, 6.07) is 1.93. The molecule has 120 valence electrons. The maximum Gasteiger partial charge on any atom is 0.308 e. The average molecular weight is 304 g/mol. The summed E-state index contributed by atoms with van der Waals surface area (Å²) in [6.07, 6.45) is 2.22. The number of likely N-dealkylation sites (tertiary alicyclic amines) is 1. The molecule has 22 heavy (non-hydrogen) atoms. The zero-order valence-corrected chi connectivity index (χ0v) is 13.5. The number of aryl methyl sites for hydroxylation is 1. The molecule has 0 bridgehead atoms. The third-order valence-corrected chi connectivity index (χ3v) is 5.32. The Morgan fingerprint density at radius 2 is 1.95 bits per heavy atom. The molecule has 2 heterocycles. The normalized spacial score (nSPS) is 24.8. The molecule has 1 amide bonds. The zero-order chi connectivity index (χ0) is 16.0. The van der Waals surface area contributed by atoms with Crippen LogP contribution in [0, 0.1) is 31.6 Å². The van der Waals surface area contributed by atoms with Crippen LogP contribution in [0.25, 0.3) is 0 Å². The second kappa shape index (κ2) is 5.45. The molecule has 3 rings (SSSR count). The molecule has 1 saturated carbocycles. The lowest BCUT2D eigenvalue weighted by molar-refractivity contribution is -0.142. The number of carbonyl (C=O) groups excluding carboxylic acids is 1. The van der Waals surface area contributed by atoms with Crippen molar-refractivity contribution in [3.63, 3.8) is 0 Å². The lowest BCUT2D eigenvalue weighted by Gasteiger charge is -2.16. The molecule has 2 aliphatic rings.